The van der Waals surface area contributed by atoms with Crippen LogP contribution in [-0.4, -0.2) is 4.98 Å². The van der Waals surface area contributed by atoms with Gasteiger partial charge in [-0.15, -0.1) is 0 Å². The van der Waals surface area contributed by atoms with Crippen LogP contribution in [0.2, 0.25) is 0 Å². The molecule has 0 saturated carbocycles. The number of fused-ring (bicyclic) bond motifs is 3. The zero-order chi connectivity index (χ0) is 22.8. The first-order valence-electron chi connectivity index (χ1n) is 10.5. The van der Waals surface area contributed by atoms with E-state index in [0.29, 0.717) is 5.56 Å². The molecule has 3 aromatic carbocycles. The van der Waals surface area contributed by atoms with E-state index >= 15 is 0 Å². The van der Waals surface area contributed by atoms with Gasteiger partial charge in [0, 0.05) is 21.8 Å². The molecule has 4 aromatic rings. The summed E-state index contributed by atoms with van der Waals surface area (Å²) in [4.78, 5) is 3.42. The van der Waals surface area contributed by atoms with Crippen molar-refractivity contribution >= 4 is 21.8 Å². The van der Waals surface area contributed by atoms with E-state index in [1.165, 1.54) is 11.6 Å². The van der Waals surface area contributed by atoms with Gasteiger partial charge in [0.1, 0.15) is 0 Å². The summed E-state index contributed by atoms with van der Waals surface area (Å²) in [6.45, 7) is 12.7. The Morgan fingerprint density at radius 2 is 1.26 bits per heavy atom. The second kappa shape index (κ2) is 6.88. The third-order valence-electron chi connectivity index (χ3n) is 5.93. The largest absolute Gasteiger partial charge is 0.417 e. The summed E-state index contributed by atoms with van der Waals surface area (Å²) in [5, 5.41) is 2.14. The Morgan fingerprint density at radius 1 is 0.613 bits per heavy atom. The number of aromatic amines is 1. The topological polar surface area (TPSA) is 15.8 Å². The molecule has 1 aromatic heterocycles. The van der Waals surface area contributed by atoms with E-state index in [1.807, 2.05) is 26.8 Å². The average Bonchev–Trinajstić information content (AvgIpc) is 3.02. The van der Waals surface area contributed by atoms with Crippen LogP contribution in [0.3, 0.4) is 0 Å². The Kier molecular flexibility index (Phi) is 4.77. The molecule has 0 bridgehead atoms. The number of H-pyrrole nitrogens is 1. The molecular formula is C27H28F3N. The quantitative estimate of drug-likeness (QED) is 0.315. The van der Waals surface area contributed by atoms with Crippen LogP contribution in [0.5, 0.6) is 0 Å². The molecule has 1 heterocycles. The first-order chi connectivity index (χ1) is 14.3. The molecule has 0 spiro atoms. The van der Waals surface area contributed by atoms with Crippen molar-refractivity contribution in [3.05, 3.63) is 71.3 Å². The minimum atomic E-state index is -4.41. The first-order valence-corrected chi connectivity index (χ1v) is 10.5. The van der Waals surface area contributed by atoms with Crippen molar-refractivity contribution in [2.24, 2.45) is 0 Å². The van der Waals surface area contributed by atoms with Gasteiger partial charge in [-0.2, -0.15) is 13.2 Å². The molecular weight excluding hydrogens is 395 g/mol. The summed E-state index contributed by atoms with van der Waals surface area (Å²) in [5.41, 5.74) is 3.88. The van der Waals surface area contributed by atoms with E-state index in [4.69, 9.17) is 0 Å². The Hall–Kier alpha value is -2.75. The molecule has 1 nitrogen and oxygen atoms in total. The number of benzene rings is 3. The highest BCUT2D eigenvalue weighted by Crippen LogP contribution is 2.43. The molecule has 0 radical (unpaired) electrons. The fourth-order valence-electron chi connectivity index (χ4n) is 4.22. The molecule has 31 heavy (non-hydrogen) atoms. The minimum Gasteiger partial charge on any atom is -0.354 e. The highest BCUT2D eigenvalue weighted by atomic mass is 19.4. The summed E-state index contributed by atoms with van der Waals surface area (Å²) < 4.78 is 41.4. The lowest BCUT2D eigenvalue weighted by Gasteiger charge is -2.25. The Labute approximate surface area is 181 Å². The number of halogens is 3. The molecule has 4 rings (SSSR count). The van der Waals surface area contributed by atoms with Crippen LogP contribution in [-0.2, 0) is 17.0 Å². The molecule has 0 fully saturated rings. The normalized spacial score (nSPS) is 13.3. The number of hydrogen-bond acceptors (Lipinski definition) is 0. The standard InChI is InChI=1S/C27H28F3N/c1-25(2,3)16-11-12-23-19(13-16)20-14-22(26(4,5)6)18(15-24(20)31-23)17-9-7-8-10-21(17)27(28,29)30/h7-15,31H,1-6H3. The van der Waals surface area contributed by atoms with E-state index < -0.39 is 11.7 Å². The van der Waals surface area contributed by atoms with Crippen LogP contribution in [0, 0.1) is 0 Å². The molecule has 0 atom stereocenters. The molecule has 0 amide bonds. The maximum absolute atomic E-state index is 13.8. The van der Waals surface area contributed by atoms with Gasteiger partial charge in [-0.3, -0.25) is 0 Å². The smallest absolute Gasteiger partial charge is 0.354 e. The van der Waals surface area contributed by atoms with Crippen LogP contribution in [0.15, 0.2) is 54.6 Å². The van der Waals surface area contributed by atoms with Crippen LogP contribution >= 0.6 is 0 Å². The van der Waals surface area contributed by atoms with Gasteiger partial charge in [0.15, 0.2) is 0 Å². The highest BCUT2D eigenvalue weighted by molar-refractivity contribution is 6.09. The fraction of sp³-hybridized carbons (Fsp3) is 0.333. The lowest BCUT2D eigenvalue weighted by molar-refractivity contribution is -0.137. The Morgan fingerprint density at radius 3 is 1.87 bits per heavy atom. The summed E-state index contributed by atoms with van der Waals surface area (Å²) in [5.74, 6) is 0. The van der Waals surface area contributed by atoms with Gasteiger partial charge in [0.05, 0.1) is 5.56 Å². The van der Waals surface area contributed by atoms with Gasteiger partial charge in [-0.05, 0) is 63.4 Å². The number of nitrogens with one attached hydrogen (secondary N) is 1. The number of hydrogen-bond donors (Lipinski definition) is 1. The Bertz CT molecular complexity index is 1280. The predicted molar refractivity (Wildman–Crippen MR) is 124 cm³/mol. The highest BCUT2D eigenvalue weighted by Gasteiger charge is 2.34. The maximum atomic E-state index is 13.8. The van der Waals surface area contributed by atoms with Crippen molar-refractivity contribution in [2.45, 2.75) is 58.5 Å². The zero-order valence-corrected chi connectivity index (χ0v) is 18.8. The van der Waals surface area contributed by atoms with Crippen LogP contribution in [0.25, 0.3) is 32.9 Å². The molecule has 0 aliphatic heterocycles. The fourth-order valence-corrected chi connectivity index (χ4v) is 4.22. The number of aromatic nitrogens is 1. The Balaban J connectivity index is 2.08. The summed E-state index contributed by atoms with van der Waals surface area (Å²) in [7, 11) is 0. The van der Waals surface area contributed by atoms with Crippen molar-refractivity contribution in [1.82, 2.24) is 4.98 Å². The van der Waals surface area contributed by atoms with Crippen molar-refractivity contribution < 1.29 is 13.2 Å². The summed E-state index contributed by atoms with van der Waals surface area (Å²) in [6, 6.07) is 16.2. The number of rotatable bonds is 1. The molecule has 0 unspecified atom stereocenters. The van der Waals surface area contributed by atoms with Gasteiger partial charge in [-0.1, -0.05) is 65.8 Å². The summed E-state index contributed by atoms with van der Waals surface area (Å²) in [6.07, 6.45) is -4.41. The maximum Gasteiger partial charge on any atom is 0.417 e. The molecule has 1 N–H and O–H groups in total. The molecule has 4 heteroatoms. The summed E-state index contributed by atoms with van der Waals surface area (Å²) >= 11 is 0. The molecule has 0 aliphatic carbocycles. The van der Waals surface area contributed by atoms with Crippen molar-refractivity contribution in [2.75, 3.05) is 0 Å². The third-order valence-corrected chi connectivity index (χ3v) is 5.93. The first kappa shape index (κ1) is 21.5. The van der Waals surface area contributed by atoms with Gasteiger partial charge in [-0.25, -0.2) is 0 Å². The van der Waals surface area contributed by atoms with Gasteiger partial charge in [0.2, 0.25) is 0 Å². The van der Waals surface area contributed by atoms with Crippen molar-refractivity contribution in [1.29, 1.82) is 0 Å². The zero-order valence-electron chi connectivity index (χ0n) is 18.8. The second-order valence-electron chi connectivity index (χ2n) is 10.4. The van der Waals surface area contributed by atoms with E-state index in [0.717, 1.165) is 33.4 Å². The van der Waals surface area contributed by atoms with Gasteiger partial charge >= 0.3 is 6.18 Å². The van der Waals surface area contributed by atoms with Crippen molar-refractivity contribution in [3.63, 3.8) is 0 Å². The van der Waals surface area contributed by atoms with Crippen molar-refractivity contribution in [3.8, 4) is 11.1 Å². The molecule has 162 valence electrons. The predicted octanol–water partition coefficient (Wildman–Crippen LogP) is 8.60. The van der Waals surface area contributed by atoms with Gasteiger partial charge < -0.3 is 4.98 Å². The lowest BCUT2D eigenvalue weighted by atomic mass is 9.80. The van der Waals surface area contributed by atoms with E-state index in [9.17, 15) is 13.2 Å². The average molecular weight is 424 g/mol. The van der Waals surface area contributed by atoms with E-state index in [1.54, 1.807) is 12.1 Å². The van der Waals surface area contributed by atoms with Crippen LogP contribution < -0.4 is 0 Å². The van der Waals surface area contributed by atoms with E-state index in [-0.39, 0.29) is 16.4 Å². The van der Waals surface area contributed by atoms with Crippen LogP contribution in [0.4, 0.5) is 13.2 Å². The second-order valence-corrected chi connectivity index (χ2v) is 10.4. The molecule has 0 aliphatic rings. The lowest BCUT2D eigenvalue weighted by Crippen LogP contribution is -2.14. The third kappa shape index (κ3) is 3.84. The van der Waals surface area contributed by atoms with E-state index in [2.05, 4.69) is 50.0 Å². The van der Waals surface area contributed by atoms with Crippen LogP contribution in [0.1, 0.15) is 58.2 Å². The monoisotopic (exact) mass is 423 g/mol. The van der Waals surface area contributed by atoms with Gasteiger partial charge in [0.25, 0.3) is 0 Å². The minimum absolute atomic E-state index is 0.0101. The molecule has 0 saturated heterocycles. The number of alkyl halides is 3. The SMILES string of the molecule is CC(C)(C)c1ccc2[nH]c3cc(-c4ccccc4C(F)(F)F)c(C(C)(C)C)cc3c2c1.